The average molecular weight is 464 g/mol. The lowest BCUT2D eigenvalue weighted by Crippen LogP contribution is -2.36. The second-order valence-electron chi connectivity index (χ2n) is 7.24. The molecule has 0 unspecified atom stereocenters. The van der Waals surface area contributed by atoms with Gasteiger partial charge in [-0.2, -0.15) is 8.99 Å². The molecule has 0 atom stereocenters. The highest BCUT2D eigenvalue weighted by Gasteiger charge is 2.28. The first-order valence-corrected chi connectivity index (χ1v) is 11.3. The van der Waals surface area contributed by atoms with Crippen LogP contribution in [0.25, 0.3) is 5.69 Å². The Morgan fingerprint density at radius 2 is 1.56 bits per heavy atom. The molecule has 1 aliphatic rings. The van der Waals surface area contributed by atoms with Crippen molar-refractivity contribution in [2.45, 2.75) is 11.3 Å². The third-order valence-corrected chi connectivity index (χ3v) is 7.06. The molecule has 32 heavy (non-hydrogen) atoms. The van der Waals surface area contributed by atoms with Crippen molar-refractivity contribution in [2.24, 2.45) is 0 Å². The maximum Gasteiger partial charge on any atom is 0.271 e. The lowest BCUT2D eigenvalue weighted by atomic mass is 10.3. The topological polar surface area (TPSA) is 75.5 Å². The highest BCUT2D eigenvalue weighted by atomic mass is 32.2. The predicted octanol–water partition coefficient (Wildman–Crippen LogP) is 2.55. The van der Waals surface area contributed by atoms with Crippen molar-refractivity contribution in [3.63, 3.8) is 0 Å². The molecule has 1 aromatic heterocycles. The third-order valence-electron chi connectivity index (χ3n) is 5.17. The normalized spacial score (nSPS) is 15.5. The third kappa shape index (κ3) is 4.39. The first kappa shape index (κ1) is 22.0. The van der Waals surface area contributed by atoms with E-state index in [4.69, 9.17) is 0 Å². The molecule has 0 bridgehead atoms. The second kappa shape index (κ2) is 8.75. The van der Waals surface area contributed by atoms with Crippen molar-refractivity contribution < 1.29 is 21.6 Å². The summed E-state index contributed by atoms with van der Waals surface area (Å²) < 4.78 is 68.1. The van der Waals surface area contributed by atoms with E-state index in [0.29, 0.717) is 30.5 Å². The van der Waals surface area contributed by atoms with Crippen LogP contribution < -0.4 is 10.5 Å². The summed E-state index contributed by atoms with van der Waals surface area (Å²) in [5.41, 5.74) is 0.00772. The van der Waals surface area contributed by atoms with E-state index in [1.54, 1.807) is 6.07 Å². The number of nitrogens with zero attached hydrogens (tertiary/aromatic N) is 4. The summed E-state index contributed by atoms with van der Waals surface area (Å²) in [5, 5.41) is 4.35. The number of rotatable bonds is 4. The number of anilines is 1. The molecule has 0 spiro atoms. The molecule has 0 radical (unpaired) electrons. The van der Waals surface area contributed by atoms with Gasteiger partial charge in [0.2, 0.25) is 10.0 Å². The fraction of sp³-hybridized carbons (Fsp3) is 0.238. The molecule has 1 saturated heterocycles. The Labute approximate surface area is 182 Å². The van der Waals surface area contributed by atoms with Crippen LogP contribution >= 0.6 is 0 Å². The first-order valence-electron chi connectivity index (χ1n) is 9.82. The molecule has 11 heteroatoms. The van der Waals surface area contributed by atoms with Crippen molar-refractivity contribution in [1.29, 1.82) is 0 Å². The Morgan fingerprint density at radius 3 is 2.28 bits per heavy atom. The van der Waals surface area contributed by atoms with Gasteiger partial charge in [-0.1, -0.05) is 0 Å². The largest absolute Gasteiger partial charge is 0.354 e. The highest BCUT2D eigenvalue weighted by molar-refractivity contribution is 7.89. The minimum atomic E-state index is -4.00. The lowest BCUT2D eigenvalue weighted by molar-refractivity contribution is 0.431. The van der Waals surface area contributed by atoms with E-state index in [-0.39, 0.29) is 24.5 Å². The van der Waals surface area contributed by atoms with E-state index in [9.17, 15) is 26.4 Å². The van der Waals surface area contributed by atoms with Gasteiger partial charge in [-0.05, 0) is 55.0 Å². The van der Waals surface area contributed by atoms with Crippen molar-refractivity contribution in [3.8, 4) is 5.69 Å². The van der Waals surface area contributed by atoms with Gasteiger partial charge in [0.05, 0.1) is 10.6 Å². The van der Waals surface area contributed by atoms with Crippen LogP contribution in [0.2, 0.25) is 0 Å². The van der Waals surface area contributed by atoms with E-state index in [2.05, 4.69) is 5.10 Å². The van der Waals surface area contributed by atoms with Crippen LogP contribution in [0.3, 0.4) is 0 Å². The molecule has 4 rings (SSSR count). The van der Waals surface area contributed by atoms with Crippen LogP contribution in [0, 0.1) is 17.5 Å². The van der Waals surface area contributed by atoms with Crippen molar-refractivity contribution in [3.05, 3.63) is 82.4 Å². The van der Waals surface area contributed by atoms with E-state index in [0.717, 1.165) is 16.8 Å². The van der Waals surface area contributed by atoms with Crippen LogP contribution in [0.1, 0.15) is 6.42 Å². The van der Waals surface area contributed by atoms with Crippen LogP contribution in [-0.2, 0) is 10.0 Å². The summed E-state index contributed by atoms with van der Waals surface area (Å²) >= 11 is 0. The smallest absolute Gasteiger partial charge is 0.271 e. The molecule has 1 fully saturated rings. The Balaban J connectivity index is 1.56. The SMILES string of the molecule is O=c1ccc(N2CCCN(S(=O)(=O)c3ccc(F)c(F)c3)CC2)nn1-c1ccc(F)cc1. The molecule has 2 heterocycles. The summed E-state index contributed by atoms with van der Waals surface area (Å²) in [6.07, 6.45) is 0.459. The minimum Gasteiger partial charge on any atom is -0.354 e. The molecule has 168 valence electrons. The second-order valence-corrected chi connectivity index (χ2v) is 9.18. The van der Waals surface area contributed by atoms with E-state index in [1.807, 2.05) is 4.90 Å². The van der Waals surface area contributed by atoms with Gasteiger partial charge in [0.25, 0.3) is 5.56 Å². The zero-order valence-electron chi connectivity index (χ0n) is 16.8. The first-order chi connectivity index (χ1) is 15.3. The molecule has 1 aliphatic heterocycles. The maximum absolute atomic E-state index is 13.5. The van der Waals surface area contributed by atoms with E-state index < -0.39 is 33.0 Å². The molecule has 0 N–H and O–H groups in total. The lowest BCUT2D eigenvalue weighted by Gasteiger charge is -2.23. The zero-order chi connectivity index (χ0) is 22.9. The maximum atomic E-state index is 13.5. The fourth-order valence-electron chi connectivity index (χ4n) is 3.49. The Hall–Kier alpha value is -3.18. The van der Waals surface area contributed by atoms with Gasteiger partial charge >= 0.3 is 0 Å². The van der Waals surface area contributed by atoms with Gasteiger partial charge in [0.1, 0.15) is 11.6 Å². The molecular formula is C21H19F3N4O3S. The monoisotopic (exact) mass is 464 g/mol. The predicted molar refractivity (Wildman–Crippen MR) is 112 cm³/mol. The molecule has 7 nitrogen and oxygen atoms in total. The minimum absolute atomic E-state index is 0.0959. The number of benzene rings is 2. The van der Waals surface area contributed by atoms with Crippen LogP contribution in [0.4, 0.5) is 19.0 Å². The number of hydrogen-bond donors (Lipinski definition) is 0. The van der Waals surface area contributed by atoms with E-state index in [1.165, 1.54) is 34.6 Å². The quantitative estimate of drug-likeness (QED) is 0.593. The van der Waals surface area contributed by atoms with E-state index >= 15 is 0 Å². The van der Waals surface area contributed by atoms with Gasteiger partial charge in [0, 0.05) is 32.2 Å². The summed E-state index contributed by atoms with van der Waals surface area (Å²) in [6.45, 7) is 1.03. The van der Waals surface area contributed by atoms with Gasteiger partial charge in [-0.25, -0.2) is 21.6 Å². The Bertz CT molecular complexity index is 1300. The van der Waals surface area contributed by atoms with Gasteiger partial charge in [-0.3, -0.25) is 4.79 Å². The molecule has 3 aromatic rings. The Kier molecular flexibility index (Phi) is 6.02. The van der Waals surface area contributed by atoms with Gasteiger partial charge in [0.15, 0.2) is 11.6 Å². The van der Waals surface area contributed by atoms with Gasteiger partial charge in [-0.15, -0.1) is 5.10 Å². The van der Waals surface area contributed by atoms with Gasteiger partial charge < -0.3 is 4.90 Å². The number of sulfonamides is 1. The van der Waals surface area contributed by atoms with Crippen LogP contribution in [-0.4, -0.2) is 48.7 Å². The number of aromatic nitrogens is 2. The van der Waals surface area contributed by atoms with Crippen molar-refractivity contribution in [2.75, 3.05) is 31.1 Å². The molecule has 2 aromatic carbocycles. The molecule has 0 aliphatic carbocycles. The molecular weight excluding hydrogens is 445 g/mol. The average Bonchev–Trinajstić information content (AvgIpc) is 3.03. The molecule has 0 saturated carbocycles. The number of hydrogen-bond acceptors (Lipinski definition) is 5. The summed E-state index contributed by atoms with van der Waals surface area (Å²) in [6, 6.07) is 10.7. The molecule has 0 amide bonds. The zero-order valence-corrected chi connectivity index (χ0v) is 17.6. The van der Waals surface area contributed by atoms with Crippen LogP contribution in [0.15, 0.2) is 64.3 Å². The van der Waals surface area contributed by atoms with Crippen molar-refractivity contribution in [1.82, 2.24) is 14.1 Å². The standard InChI is InChI=1S/C21H19F3N4O3S/c22-15-2-4-16(5-3-15)28-21(29)9-8-20(25-28)26-10-1-11-27(13-12-26)32(30,31)17-6-7-18(23)19(24)14-17/h2-9,14H,1,10-13H2. The fourth-order valence-corrected chi connectivity index (χ4v) is 4.97. The highest BCUT2D eigenvalue weighted by Crippen LogP contribution is 2.21. The summed E-state index contributed by atoms with van der Waals surface area (Å²) in [4.78, 5) is 13.8. The summed E-state index contributed by atoms with van der Waals surface area (Å²) in [7, 11) is -4.00. The van der Waals surface area contributed by atoms with Crippen LogP contribution in [0.5, 0.6) is 0 Å². The Morgan fingerprint density at radius 1 is 0.812 bits per heavy atom. The van der Waals surface area contributed by atoms with Crippen molar-refractivity contribution >= 4 is 15.8 Å². The number of halogens is 3. The summed E-state index contributed by atoms with van der Waals surface area (Å²) in [5.74, 6) is -2.32.